The topological polar surface area (TPSA) is 68.9 Å². The van der Waals surface area contributed by atoms with Crippen LogP contribution in [-0.4, -0.2) is 21.0 Å². The summed E-state index contributed by atoms with van der Waals surface area (Å²) in [5.41, 5.74) is 7.73. The highest BCUT2D eigenvalue weighted by Gasteiger charge is 2.21. The van der Waals surface area contributed by atoms with Crippen molar-refractivity contribution in [2.75, 3.05) is 0 Å². The molecule has 0 fully saturated rings. The number of aromatic nitrogens is 2. The number of carboxylic acids is 1. The molecule has 0 saturated carbocycles. The zero-order valence-corrected chi connectivity index (χ0v) is 18.5. The Morgan fingerprint density at radius 1 is 0.839 bits per heavy atom. The van der Waals surface area contributed by atoms with E-state index in [2.05, 4.69) is 72.6 Å². The van der Waals surface area contributed by atoms with Crippen LogP contribution in [0.4, 0.5) is 0 Å². The number of nitrogens with one attached hydrogen (secondary N) is 2. The van der Waals surface area contributed by atoms with Crippen LogP contribution in [0.1, 0.15) is 74.1 Å². The van der Waals surface area contributed by atoms with Gasteiger partial charge in [-0.25, -0.2) is 0 Å². The van der Waals surface area contributed by atoms with Crippen molar-refractivity contribution in [1.82, 2.24) is 9.97 Å². The average molecular weight is 417 g/mol. The largest absolute Gasteiger partial charge is 0.481 e. The van der Waals surface area contributed by atoms with Crippen LogP contribution in [0, 0.1) is 0 Å². The fourth-order valence-corrected chi connectivity index (χ4v) is 4.68. The second-order valence-electron chi connectivity index (χ2n) is 8.50. The van der Waals surface area contributed by atoms with Gasteiger partial charge in [-0.2, -0.15) is 0 Å². The first-order valence-corrected chi connectivity index (χ1v) is 11.5. The summed E-state index contributed by atoms with van der Waals surface area (Å²) >= 11 is 0. The molecule has 0 radical (unpaired) electrons. The molecule has 0 aliphatic carbocycles. The third-order valence-electron chi connectivity index (χ3n) is 6.51. The van der Waals surface area contributed by atoms with E-state index in [1.165, 1.54) is 44.1 Å². The fraction of sp³-hybridized carbons (Fsp3) is 0.370. The van der Waals surface area contributed by atoms with Gasteiger partial charge in [0.1, 0.15) is 0 Å². The molecule has 0 spiro atoms. The molecule has 4 rings (SSSR count). The number of unbranched alkanes of at least 4 members (excludes halogenated alkanes) is 2. The molecule has 2 aromatic carbocycles. The van der Waals surface area contributed by atoms with Gasteiger partial charge < -0.3 is 15.1 Å². The number of hydrogen-bond acceptors (Lipinski definition) is 1. The fourth-order valence-electron chi connectivity index (χ4n) is 4.68. The molecule has 0 amide bonds. The first-order chi connectivity index (χ1) is 15.1. The van der Waals surface area contributed by atoms with E-state index in [-0.39, 0.29) is 12.3 Å². The highest BCUT2D eigenvalue weighted by atomic mass is 16.4. The molecule has 0 atom stereocenters. The van der Waals surface area contributed by atoms with Crippen molar-refractivity contribution in [2.45, 2.75) is 64.7 Å². The van der Waals surface area contributed by atoms with E-state index < -0.39 is 5.97 Å². The molecule has 0 bridgehead atoms. The summed E-state index contributed by atoms with van der Waals surface area (Å²) < 4.78 is 0. The van der Waals surface area contributed by atoms with Crippen LogP contribution >= 0.6 is 0 Å². The monoisotopic (exact) mass is 416 g/mol. The predicted molar refractivity (Wildman–Crippen MR) is 128 cm³/mol. The van der Waals surface area contributed by atoms with Crippen molar-refractivity contribution in [3.05, 3.63) is 71.0 Å². The minimum atomic E-state index is -0.705. The molecule has 0 aliphatic heterocycles. The van der Waals surface area contributed by atoms with Crippen molar-refractivity contribution in [1.29, 1.82) is 0 Å². The van der Waals surface area contributed by atoms with Crippen LogP contribution in [0.15, 0.2) is 48.8 Å². The van der Waals surface area contributed by atoms with Crippen LogP contribution in [-0.2, 0) is 17.6 Å². The molecule has 2 heterocycles. The number of hydrogen-bond donors (Lipinski definition) is 3. The number of H-pyrrole nitrogens is 2. The summed E-state index contributed by atoms with van der Waals surface area (Å²) in [6.45, 7) is 4.39. The highest BCUT2D eigenvalue weighted by Crippen LogP contribution is 2.38. The number of carboxylic acid groups (broad SMARTS) is 1. The maximum Gasteiger partial charge on any atom is 0.303 e. The van der Waals surface area contributed by atoms with Crippen LogP contribution in [0.5, 0.6) is 0 Å². The molecule has 4 heteroatoms. The Kier molecular flexibility index (Phi) is 6.45. The molecule has 3 N–H and O–H groups in total. The standard InChI is InChI=1S/C27H32N2O2/c1-3-18-10-12-25-21(14-18)23(16-28-25)20(8-6-5-7-9-27(30)31)24-17-29-26-13-11-19(4-2)15-22(24)26/h10-17,20,28-29H,3-9H2,1-2H3,(H,30,31). The predicted octanol–water partition coefficient (Wildman–Crippen LogP) is 6.94. The number of fused-ring (bicyclic) bond motifs is 2. The van der Waals surface area contributed by atoms with E-state index in [9.17, 15) is 4.79 Å². The summed E-state index contributed by atoms with van der Waals surface area (Å²) in [5, 5.41) is 11.6. The normalized spacial score (nSPS) is 11.7. The molecule has 0 aliphatic rings. The van der Waals surface area contributed by atoms with Crippen molar-refractivity contribution >= 4 is 27.8 Å². The van der Waals surface area contributed by atoms with E-state index in [4.69, 9.17) is 5.11 Å². The van der Waals surface area contributed by atoms with Crippen molar-refractivity contribution in [3.8, 4) is 0 Å². The van der Waals surface area contributed by atoms with Crippen molar-refractivity contribution < 1.29 is 9.90 Å². The second-order valence-corrected chi connectivity index (χ2v) is 8.50. The van der Waals surface area contributed by atoms with Crippen LogP contribution < -0.4 is 0 Å². The van der Waals surface area contributed by atoms with Gasteiger partial charge in [-0.15, -0.1) is 0 Å². The number of aryl methyl sites for hydroxylation is 2. The van der Waals surface area contributed by atoms with Gasteiger partial charge in [0.25, 0.3) is 0 Å². The molecular formula is C27H32N2O2. The van der Waals surface area contributed by atoms with Gasteiger partial charge in [0.05, 0.1) is 0 Å². The number of aliphatic carboxylic acids is 1. The van der Waals surface area contributed by atoms with Crippen molar-refractivity contribution in [3.63, 3.8) is 0 Å². The molecule has 162 valence electrons. The van der Waals surface area contributed by atoms with Crippen LogP contribution in [0.2, 0.25) is 0 Å². The lowest BCUT2D eigenvalue weighted by Gasteiger charge is -2.17. The van der Waals surface area contributed by atoms with E-state index >= 15 is 0 Å². The third-order valence-corrected chi connectivity index (χ3v) is 6.51. The first kappa shape index (κ1) is 21.2. The Hall–Kier alpha value is -3.01. The van der Waals surface area contributed by atoms with Gasteiger partial charge in [-0.3, -0.25) is 4.79 Å². The number of rotatable bonds is 10. The van der Waals surface area contributed by atoms with E-state index in [0.29, 0.717) is 0 Å². The minimum Gasteiger partial charge on any atom is -0.481 e. The Bertz CT molecular complexity index is 1100. The van der Waals surface area contributed by atoms with Gasteiger partial charge in [-0.05, 0) is 72.2 Å². The minimum absolute atomic E-state index is 0.255. The lowest BCUT2D eigenvalue weighted by molar-refractivity contribution is -0.137. The van der Waals surface area contributed by atoms with Gasteiger partial charge in [0.15, 0.2) is 0 Å². The molecule has 31 heavy (non-hydrogen) atoms. The number of benzene rings is 2. The number of carbonyl (C=O) groups is 1. The van der Waals surface area contributed by atoms with Crippen LogP contribution in [0.25, 0.3) is 21.8 Å². The molecule has 4 nitrogen and oxygen atoms in total. The molecule has 2 aromatic heterocycles. The molecular weight excluding hydrogens is 384 g/mol. The summed E-state index contributed by atoms with van der Waals surface area (Å²) in [6.07, 6.45) is 10.3. The molecule has 0 saturated heterocycles. The Morgan fingerprint density at radius 2 is 1.39 bits per heavy atom. The zero-order valence-electron chi connectivity index (χ0n) is 18.5. The Balaban J connectivity index is 1.73. The summed E-state index contributed by atoms with van der Waals surface area (Å²) in [7, 11) is 0. The van der Waals surface area contributed by atoms with Crippen molar-refractivity contribution in [2.24, 2.45) is 0 Å². The van der Waals surface area contributed by atoms with E-state index in [1.54, 1.807) is 0 Å². The SMILES string of the molecule is CCc1ccc2[nH]cc(C(CCCCCC(=O)O)c3c[nH]c4ccc(CC)cc34)c2c1. The summed E-state index contributed by atoms with van der Waals surface area (Å²) in [5.74, 6) is -0.435. The lowest BCUT2D eigenvalue weighted by Crippen LogP contribution is -2.01. The quantitative estimate of drug-likeness (QED) is 0.245. The zero-order chi connectivity index (χ0) is 21.8. The van der Waals surface area contributed by atoms with E-state index in [0.717, 1.165) is 38.5 Å². The Labute approximate surface area is 183 Å². The van der Waals surface area contributed by atoms with Gasteiger partial charge in [0, 0.05) is 46.5 Å². The second kappa shape index (κ2) is 9.42. The lowest BCUT2D eigenvalue weighted by atomic mass is 9.85. The average Bonchev–Trinajstić information content (AvgIpc) is 3.39. The summed E-state index contributed by atoms with van der Waals surface area (Å²) in [6, 6.07) is 13.4. The van der Waals surface area contributed by atoms with Crippen LogP contribution in [0.3, 0.4) is 0 Å². The first-order valence-electron chi connectivity index (χ1n) is 11.5. The Morgan fingerprint density at radius 3 is 1.87 bits per heavy atom. The smallest absolute Gasteiger partial charge is 0.303 e. The number of aromatic amines is 2. The molecule has 4 aromatic rings. The third kappa shape index (κ3) is 4.53. The molecule has 0 unspecified atom stereocenters. The maximum absolute atomic E-state index is 10.9. The highest BCUT2D eigenvalue weighted by molar-refractivity contribution is 5.88. The van der Waals surface area contributed by atoms with Gasteiger partial charge >= 0.3 is 5.97 Å². The summed E-state index contributed by atoms with van der Waals surface area (Å²) in [4.78, 5) is 17.8. The maximum atomic E-state index is 10.9. The van der Waals surface area contributed by atoms with Gasteiger partial charge in [0.2, 0.25) is 0 Å². The van der Waals surface area contributed by atoms with E-state index in [1.807, 2.05) is 0 Å². The van der Waals surface area contributed by atoms with Gasteiger partial charge in [-0.1, -0.05) is 38.8 Å².